The van der Waals surface area contributed by atoms with Crippen LogP contribution in [0.15, 0.2) is 69.9 Å². The van der Waals surface area contributed by atoms with Gasteiger partial charge in [0, 0.05) is 33.3 Å². The minimum Gasteiger partial charge on any atom is -0.488 e. The lowest BCUT2D eigenvalue weighted by Crippen LogP contribution is -2.12. The van der Waals surface area contributed by atoms with E-state index in [0.29, 0.717) is 29.0 Å². The molecule has 0 fully saturated rings. The second-order valence-electron chi connectivity index (χ2n) is 7.84. The molecule has 5 aromatic rings. The van der Waals surface area contributed by atoms with Gasteiger partial charge < -0.3 is 9.15 Å². The summed E-state index contributed by atoms with van der Waals surface area (Å²) in [7, 11) is 0. The summed E-state index contributed by atoms with van der Waals surface area (Å²) in [4.78, 5) is 22.7. The van der Waals surface area contributed by atoms with E-state index in [2.05, 4.69) is 6.07 Å². The number of para-hydroxylation sites is 2. The van der Waals surface area contributed by atoms with Crippen LogP contribution >= 0.6 is 0 Å². The van der Waals surface area contributed by atoms with E-state index in [1.54, 1.807) is 0 Å². The monoisotopic (exact) mass is 406 g/mol. The summed E-state index contributed by atoms with van der Waals surface area (Å²) in [5, 5.41) is 2.15. The van der Waals surface area contributed by atoms with E-state index < -0.39 is 5.63 Å². The van der Waals surface area contributed by atoms with Gasteiger partial charge in [0.05, 0.1) is 11.1 Å². The molecule has 2 aromatic carbocycles. The van der Waals surface area contributed by atoms with Crippen molar-refractivity contribution >= 4 is 21.7 Å². The summed E-state index contributed by atoms with van der Waals surface area (Å²) in [6.07, 6.45) is 0. The zero-order valence-corrected chi connectivity index (χ0v) is 17.1. The quantitative estimate of drug-likeness (QED) is 0.269. The van der Waals surface area contributed by atoms with E-state index in [0.717, 1.165) is 44.6 Å². The lowest BCUT2D eigenvalue weighted by molar-refractivity contribution is 0.302. The minimum absolute atomic E-state index is 0.366. The number of aryl methyl sites for hydroxylation is 2. The molecule has 5 nitrogen and oxygen atoms in total. The fourth-order valence-corrected chi connectivity index (χ4v) is 4.44. The van der Waals surface area contributed by atoms with Crippen LogP contribution in [0.1, 0.15) is 17.0 Å². The summed E-state index contributed by atoms with van der Waals surface area (Å²) >= 11 is 0. The molecular formula is C26H18N2O3. The van der Waals surface area contributed by atoms with Gasteiger partial charge in [-0.3, -0.25) is 9.97 Å². The first-order chi connectivity index (χ1) is 15.1. The Labute approximate surface area is 178 Å². The highest BCUT2D eigenvalue weighted by molar-refractivity contribution is 6.08. The van der Waals surface area contributed by atoms with Gasteiger partial charge in [0.15, 0.2) is 0 Å². The maximum Gasteiger partial charge on any atom is 0.346 e. The molecular weight excluding hydrogens is 388 g/mol. The lowest BCUT2D eigenvalue weighted by atomic mass is 9.93. The second-order valence-corrected chi connectivity index (χ2v) is 7.84. The highest BCUT2D eigenvalue weighted by Crippen LogP contribution is 2.42. The molecule has 0 saturated carbocycles. The normalized spacial score (nSPS) is 12.5. The molecule has 0 aliphatic carbocycles. The third kappa shape index (κ3) is 2.66. The largest absolute Gasteiger partial charge is 0.488 e. The average Bonchev–Trinajstić information content (AvgIpc) is 2.78. The predicted octanol–water partition coefficient (Wildman–Crippen LogP) is 5.58. The Kier molecular flexibility index (Phi) is 3.74. The molecule has 0 amide bonds. The number of fused-ring (bicyclic) bond motifs is 6. The fourth-order valence-electron chi connectivity index (χ4n) is 4.44. The van der Waals surface area contributed by atoms with Crippen molar-refractivity contribution in [3.8, 4) is 28.3 Å². The number of rotatable bonds is 1. The molecule has 150 valence electrons. The van der Waals surface area contributed by atoms with E-state index in [1.165, 1.54) is 0 Å². The van der Waals surface area contributed by atoms with Gasteiger partial charge in [0.1, 0.15) is 23.6 Å². The maximum absolute atomic E-state index is 13.1. The van der Waals surface area contributed by atoms with Gasteiger partial charge in [-0.1, -0.05) is 36.4 Å². The summed E-state index contributed by atoms with van der Waals surface area (Å²) in [6.45, 7) is 4.25. The van der Waals surface area contributed by atoms with Crippen molar-refractivity contribution < 1.29 is 9.15 Å². The summed E-state index contributed by atoms with van der Waals surface area (Å²) in [5.74, 6) is 0.846. The van der Waals surface area contributed by atoms with Crippen LogP contribution in [0.2, 0.25) is 0 Å². The molecule has 1 aliphatic rings. The number of hydrogen-bond donors (Lipinski definition) is 0. The van der Waals surface area contributed by atoms with Crippen molar-refractivity contribution in [2.75, 3.05) is 0 Å². The molecule has 0 radical (unpaired) electrons. The van der Waals surface area contributed by atoms with E-state index in [-0.39, 0.29) is 0 Å². The topological polar surface area (TPSA) is 65.2 Å². The van der Waals surface area contributed by atoms with Crippen molar-refractivity contribution in [2.45, 2.75) is 20.5 Å². The van der Waals surface area contributed by atoms with Crippen LogP contribution in [-0.2, 0) is 6.61 Å². The maximum atomic E-state index is 13.1. The third-order valence-corrected chi connectivity index (χ3v) is 5.76. The Hall–Kier alpha value is -3.99. The number of hydrogen-bond acceptors (Lipinski definition) is 5. The number of nitrogens with zero attached hydrogens (tertiary/aromatic N) is 2. The third-order valence-electron chi connectivity index (χ3n) is 5.76. The van der Waals surface area contributed by atoms with Crippen molar-refractivity contribution in [3.05, 3.63) is 88.0 Å². The van der Waals surface area contributed by atoms with Crippen LogP contribution in [0.3, 0.4) is 0 Å². The average molecular weight is 406 g/mol. The van der Waals surface area contributed by atoms with Crippen LogP contribution in [0, 0.1) is 13.8 Å². The summed E-state index contributed by atoms with van der Waals surface area (Å²) < 4.78 is 11.7. The van der Waals surface area contributed by atoms with Crippen molar-refractivity contribution in [3.63, 3.8) is 0 Å². The lowest BCUT2D eigenvalue weighted by Gasteiger charge is -2.23. The second kappa shape index (κ2) is 6.51. The molecule has 0 spiro atoms. The zero-order valence-electron chi connectivity index (χ0n) is 17.1. The van der Waals surface area contributed by atoms with Crippen LogP contribution in [0.4, 0.5) is 0 Å². The standard InChI is InChI=1S/C26H18N2O3/c1-14-11-18-16-7-3-5-9-21(16)30-13-20(18)24(27-14)25-23-19(12-15(2)28-25)17-8-4-6-10-22(17)31-26(23)29/h3-12H,13H2,1-2H3. The zero-order chi connectivity index (χ0) is 21.1. The van der Waals surface area contributed by atoms with Crippen LogP contribution < -0.4 is 10.4 Å². The van der Waals surface area contributed by atoms with Crippen LogP contribution in [0.5, 0.6) is 5.75 Å². The first-order valence-corrected chi connectivity index (χ1v) is 10.2. The Balaban J connectivity index is 1.74. The Morgan fingerprint density at radius 1 is 0.806 bits per heavy atom. The molecule has 0 bridgehead atoms. The molecule has 0 N–H and O–H groups in total. The van der Waals surface area contributed by atoms with Crippen molar-refractivity contribution in [1.29, 1.82) is 0 Å². The summed E-state index contributed by atoms with van der Waals surface area (Å²) in [5.41, 5.74) is 6.03. The Bertz CT molecular complexity index is 1580. The van der Waals surface area contributed by atoms with Crippen LogP contribution in [0.25, 0.3) is 44.3 Å². The van der Waals surface area contributed by atoms with Gasteiger partial charge >= 0.3 is 5.63 Å². The molecule has 0 saturated heterocycles. The van der Waals surface area contributed by atoms with Gasteiger partial charge in [-0.2, -0.15) is 0 Å². The summed E-state index contributed by atoms with van der Waals surface area (Å²) in [6, 6.07) is 19.5. The molecule has 5 heteroatoms. The van der Waals surface area contributed by atoms with Gasteiger partial charge in [-0.15, -0.1) is 0 Å². The molecule has 0 unspecified atom stereocenters. The number of benzene rings is 2. The minimum atomic E-state index is -0.412. The van der Waals surface area contributed by atoms with Crippen molar-refractivity contribution in [1.82, 2.24) is 9.97 Å². The molecule has 6 rings (SSSR count). The van der Waals surface area contributed by atoms with Crippen LogP contribution in [-0.4, -0.2) is 9.97 Å². The first kappa shape index (κ1) is 17.8. The Morgan fingerprint density at radius 2 is 1.55 bits per heavy atom. The number of ether oxygens (including phenoxy) is 1. The van der Waals surface area contributed by atoms with E-state index in [1.807, 2.05) is 68.4 Å². The molecule has 1 aliphatic heterocycles. The van der Waals surface area contributed by atoms with Gasteiger partial charge in [-0.25, -0.2) is 4.79 Å². The van der Waals surface area contributed by atoms with Crippen molar-refractivity contribution in [2.24, 2.45) is 0 Å². The highest BCUT2D eigenvalue weighted by Gasteiger charge is 2.25. The number of aromatic nitrogens is 2. The highest BCUT2D eigenvalue weighted by atomic mass is 16.5. The molecule has 4 heterocycles. The first-order valence-electron chi connectivity index (χ1n) is 10.2. The molecule has 3 aromatic heterocycles. The fraction of sp³-hybridized carbons (Fsp3) is 0.115. The van der Waals surface area contributed by atoms with Gasteiger partial charge in [0.25, 0.3) is 0 Å². The SMILES string of the molecule is Cc1cc2c(c(-c3nc(C)cc4c3c(=O)oc3ccccc34)n1)COc1ccccc1-2. The van der Waals surface area contributed by atoms with Gasteiger partial charge in [0.2, 0.25) is 0 Å². The smallest absolute Gasteiger partial charge is 0.346 e. The van der Waals surface area contributed by atoms with E-state index >= 15 is 0 Å². The molecule has 0 atom stereocenters. The Morgan fingerprint density at radius 3 is 2.45 bits per heavy atom. The van der Waals surface area contributed by atoms with Gasteiger partial charge in [-0.05, 0) is 43.7 Å². The predicted molar refractivity (Wildman–Crippen MR) is 120 cm³/mol. The van der Waals surface area contributed by atoms with E-state index in [4.69, 9.17) is 19.1 Å². The number of pyridine rings is 2. The molecule has 31 heavy (non-hydrogen) atoms. The van der Waals surface area contributed by atoms with E-state index in [9.17, 15) is 4.79 Å².